The Bertz CT molecular complexity index is 923. The van der Waals surface area contributed by atoms with Gasteiger partial charge in [0.25, 0.3) is 0 Å². The fraction of sp³-hybridized carbons (Fsp3) is 0.238. The van der Waals surface area contributed by atoms with Crippen molar-refractivity contribution in [3.05, 3.63) is 65.4 Å². The zero-order chi connectivity index (χ0) is 18.8. The van der Waals surface area contributed by atoms with E-state index < -0.39 is 5.97 Å². The van der Waals surface area contributed by atoms with Crippen LogP contribution in [0.2, 0.25) is 0 Å². The molecular weight excluding hydrogens is 326 g/mol. The van der Waals surface area contributed by atoms with E-state index in [1.54, 1.807) is 4.68 Å². The topological polar surface area (TPSA) is 70.1 Å². The molecule has 0 bridgehead atoms. The first kappa shape index (κ1) is 17.7. The molecule has 2 aromatic carbocycles. The number of ether oxygens (including phenoxy) is 1. The number of esters is 1. The maximum atomic E-state index is 12.1. The summed E-state index contributed by atoms with van der Waals surface area (Å²) in [5.74, 6) is -0.109. The molecule has 5 heteroatoms. The van der Waals surface area contributed by atoms with E-state index in [1.165, 1.54) is 12.7 Å². The molecule has 0 fully saturated rings. The first-order valence-electron chi connectivity index (χ1n) is 8.56. The number of aryl methyl sites for hydroxylation is 1. The fourth-order valence-electron chi connectivity index (χ4n) is 2.85. The van der Waals surface area contributed by atoms with Crippen LogP contribution in [-0.4, -0.2) is 22.9 Å². The number of nitrogens with zero attached hydrogens (tertiary/aromatic N) is 2. The highest BCUT2D eigenvalue weighted by Gasteiger charge is 2.23. The van der Waals surface area contributed by atoms with Crippen molar-refractivity contribution in [3.63, 3.8) is 0 Å². The Labute approximate surface area is 153 Å². The molecule has 0 amide bonds. The van der Waals surface area contributed by atoms with Crippen molar-refractivity contribution in [2.45, 2.75) is 26.7 Å². The standard InChI is InChI=1S/C21H23N3O2/c1-13(2)15-9-11-17(12-10-15)24-20(16-7-5-14(3)6-8-16)18(22)19(23-24)21(25)26-4/h5-13H,22H2,1-4H3. The van der Waals surface area contributed by atoms with Gasteiger partial charge in [0.1, 0.15) is 0 Å². The molecule has 3 rings (SSSR count). The smallest absolute Gasteiger partial charge is 0.360 e. The number of hydrogen-bond acceptors (Lipinski definition) is 4. The minimum atomic E-state index is -0.548. The van der Waals surface area contributed by atoms with Crippen LogP contribution in [0, 0.1) is 6.92 Å². The Morgan fingerprint density at radius 1 is 1.08 bits per heavy atom. The van der Waals surface area contributed by atoms with Gasteiger partial charge in [-0.2, -0.15) is 5.10 Å². The van der Waals surface area contributed by atoms with Gasteiger partial charge in [0.2, 0.25) is 0 Å². The molecule has 1 aromatic heterocycles. The molecule has 1 heterocycles. The SMILES string of the molecule is COC(=O)c1nn(-c2ccc(C(C)C)cc2)c(-c2ccc(C)cc2)c1N. The molecule has 0 unspecified atom stereocenters. The summed E-state index contributed by atoms with van der Waals surface area (Å²) in [5.41, 5.74) is 11.5. The van der Waals surface area contributed by atoms with E-state index in [0.717, 1.165) is 16.8 Å². The Kier molecular flexibility index (Phi) is 4.80. The molecule has 0 spiro atoms. The number of aromatic nitrogens is 2. The second-order valence-corrected chi connectivity index (χ2v) is 6.63. The van der Waals surface area contributed by atoms with Crippen LogP contribution in [0.5, 0.6) is 0 Å². The number of benzene rings is 2. The van der Waals surface area contributed by atoms with Crippen molar-refractivity contribution in [1.82, 2.24) is 9.78 Å². The van der Waals surface area contributed by atoms with E-state index in [2.05, 4.69) is 31.1 Å². The summed E-state index contributed by atoms with van der Waals surface area (Å²) in [5, 5.41) is 4.44. The summed E-state index contributed by atoms with van der Waals surface area (Å²) in [6, 6.07) is 16.1. The van der Waals surface area contributed by atoms with Crippen LogP contribution in [0.15, 0.2) is 48.5 Å². The number of nitrogen functional groups attached to an aromatic ring is 1. The predicted molar refractivity (Wildman–Crippen MR) is 104 cm³/mol. The van der Waals surface area contributed by atoms with E-state index in [0.29, 0.717) is 17.3 Å². The molecule has 26 heavy (non-hydrogen) atoms. The number of rotatable bonds is 4. The summed E-state index contributed by atoms with van der Waals surface area (Å²) in [6.45, 7) is 6.32. The van der Waals surface area contributed by atoms with Crippen molar-refractivity contribution in [2.24, 2.45) is 0 Å². The third-order valence-corrected chi connectivity index (χ3v) is 4.43. The van der Waals surface area contributed by atoms with Crippen molar-refractivity contribution in [1.29, 1.82) is 0 Å². The molecule has 0 aliphatic carbocycles. The first-order chi connectivity index (χ1) is 12.4. The largest absolute Gasteiger partial charge is 0.464 e. The molecule has 0 aliphatic heterocycles. The molecule has 0 saturated carbocycles. The Balaban J connectivity index is 2.19. The molecule has 5 nitrogen and oxygen atoms in total. The third kappa shape index (κ3) is 3.20. The van der Waals surface area contributed by atoms with Gasteiger partial charge in [0.15, 0.2) is 5.69 Å². The normalized spacial score (nSPS) is 11.0. The highest BCUT2D eigenvalue weighted by Crippen LogP contribution is 2.32. The highest BCUT2D eigenvalue weighted by atomic mass is 16.5. The van der Waals surface area contributed by atoms with Crippen LogP contribution in [-0.2, 0) is 4.74 Å². The van der Waals surface area contributed by atoms with Crippen molar-refractivity contribution >= 4 is 11.7 Å². The minimum Gasteiger partial charge on any atom is -0.464 e. The zero-order valence-electron chi connectivity index (χ0n) is 15.5. The van der Waals surface area contributed by atoms with Gasteiger partial charge < -0.3 is 10.5 Å². The summed E-state index contributed by atoms with van der Waals surface area (Å²) in [4.78, 5) is 12.1. The van der Waals surface area contributed by atoms with E-state index in [4.69, 9.17) is 10.5 Å². The number of nitrogens with two attached hydrogens (primary N) is 1. The van der Waals surface area contributed by atoms with Gasteiger partial charge in [0, 0.05) is 5.56 Å². The van der Waals surface area contributed by atoms with Crippen molar-refractivity contribution < 1.29 is 9.53 Å². The number of anilines is 1. The first-order valence-corrected chi connectivity index (χ1v) is 8.56. The summed E-state index contributed by atoms with van der Waals surface area (Å²) >= 11 is 0. The molecule has 0 aliphatic rings. The second-order valence-electron chi connectivity index (χ2n) is 6.63. The molecule has 3 aromatic rings. The van der Waals surface area contributed by atoms with Crippen molar-refractivity contribution in [3.8, 4) is 16.9 Å². The minimum absolute atomic E-state index is 0.121. The average Bonchev–Trinajstić information content (AvgIpc) is 2.99. The van der Waals surface area contributed by atoms with E-state index in [9.17, 15) is 4.79 Å². The highest BCUT2D eigenvalue weighted by molar-refractivity contribution is 5.97. The Hall–Kier alpha value is -3.08. The predicted octanol–water partition coefficient (Wildman–Crippen LogP) is 4.34. The van der Waals surface area contributed by atoms with Gasteiger partial charge in [-0.3, -0.25) is 0 Å². The lowest BCUT2D eigenvalue weighted by Gasteiger charge is -2.11. The number of carbonyl (C=O) groups excluding carboxylic acids is 1. The number of methoxy groups -OCH3 is 1. The fourth-order valence-corrected chi connectivity index (χ4v) is 2.85. The maximum absolute atomic E-state index is 12.1. The van der Waals surface area contributed by atoms with Crippen molar-refractivity contribution in [2.75, 3.05) is 12.8 Å². The van der Waals surface area contributed by atoms with Gasteiger partial charge in [0.05, 0.1) is 24.2 Å². The lowest BCUT2D eigenvalue weighted by molar-refractivity contribution is 0.0594. The molecule has 0 atom stereocenters. The van der Waals surface area contributed by atoms with E-state index in [-0.39, 0.29) is 5.69 Å². The number of carbonyl (C=O) groups is 1. The average molecular weight is 349 g/mol. The van der Waals surface area contributed by atoms with Gasteiger partial charge in [-0.05, 0) is 30.5 Å². The zero-order valence-corrected chi connectivity index (χ0v) is 15.5. The number of hydrogen-bond donors (Lipinski definition) is 1. The van der Waals surface area contributed by atoms with Crippen LogP contribution in [0.25, 0.3) is 16.9 Å². The molecule has 0 radical (unpaired) electrons. The Morgan fingerprint density at radius 2 is 1.69 bits per heavy atom. The summed E-state index contributed by atoms with van der Waals surface area (Å²) in [6.07, 6.45) is 0. The Morgan fingerprint density at radius 3 is 2.23 bits per heavy atom. The van der Waals surface area contributed by atoms with Crippen LogP contribution in [0.1, 0.15) is 41.4 Å². The van der Waals surface area contributed by atoms with E-state index >= 15 is 0 Å². The van der Waals surface area contributed by atoms with Gasteiger partial charge >= 0.3 is 5.97 Å². The lowest BCUT2D eigenvalue weighted by Crippen LogP contribution is -2.06. The molecule has 0 saturated heterocycles. The maximum Gasteiger partial charge on any atom is 0.360 e. The van der Waals surface area contributed by atoms with E-state index in [1.807, 2.05) is 43.3 Å². The third-order valence-electron chi connectivity index (χ3n) is 4.43. The second kappa shape index (κ2) is 7.04. The van der Waals surface area contributed by atoms with Crippen LogP contribution in [0.4, 0.5) is 5.69 Å². The lowest BCUT2D eigenvalue weighted by atomic mass is 10.0. The van der Waals surface area contributed by atoms with Gasteiger partial charge in [-0.25, -0.2) is 9.48 Å². The monoisotopic (exact) mass is 349 g/mol. The quantitative estimate of drug-likeness (QED) is 0.711. The molecule has 134 valence electrons. The van der Waals surface area contributed by atoms with Crippen LogP contribution < -0.4 is 5.73 Å². The van der Waals surface area contributed by atoms with Crippen LogP contribution in [0.3, 0.4) is 0 Å². The summed E-state index contributed by atoms with van der Waals surface area (Å²) in [7, 11) is 1.32. The van der Waals surface area contributed by atoms with Gasteiger partial charge in [-0.1, -0.05) is 55.8 Å². The molecule has 2 N–H and O–H groups in total. The molecular formula is C21H23N3O2. The van der Waals surface area contributed by atoms with Gasteiger partial charge in [-0.15, -0.1) is 0 Å². The summed E-state index contributed by atoms with van der Waals surface area (Å²) < 4.78 is 6.54. The van der Waals surface area contributed by atoms with Crippen LogP contribution >= 0.6 is 0 Å².